The van der Waals surface area contributed by atoms with Crippen LogP contribution in [0.15, 0.2) is 4.99 Å². The third-order valence-corrected chi connectivity index (χ3v) is 2.68. The SMILES string of the molecule is CN=C(N)NC1CC2CCC1O2. The number of nitrogens with one attached hydrogen (secondary N) is 1. The molecular weight excluding hydrogens is 154 g/mol. The van der Waals surface area contributed by atoms with Gasteiger partial charge in [0.25, 0.3) is 0 Å². The molecule has 2 saturated heterocycles. The highest BCUT2D eigenvalue weighted by Gasteiger charge is 2.40. The second-order valence-corrected chi connectivity index (χ2v) is 3.47. The first-order chi connectivity index (χ1) is 5.79. The Bertz CT molecular complexity index is 204. The molecule has 2 rings (SSSR count). The number of ether oxygens (including phenoxy) is 1. The summed E-state index contributed by atoms with van der Waals surface area (Å²) in [5.41, 5.74) is 5.57. The molecule has 0 amide bonds. The van der Waals surface area contributed by atoms with E-state index in [4.69, 9.17) is 10.5 Å². The molecule has 0 aromatic carbocycles. The lowest BCUT2D eigenvalue weighted by molar-refractivity contribution is 0.0993. The van der Waals surface area contributed by atoms with Crippen LogP contribution in [-0.2, 0) is 4.74 Å². The van der Waals surface area contributed by atoms with Crippen LogP contribution in [0.1, 0.15) is 19.3 Å². The zero-order valence-electron chi connectivity index (χ0n) is 7.29. The Kier molecular flexibility index (Phi) is 1.92. The summed E-state index contributed by atoms with van der Waals surface area (Å²) in [6.45, 7) is 0. The number of aliphatic imine (C=N–C) groups is 1. The Morgan fingerprint density at radius 2 is 2.42 bits per heavy atom. The third-order valence-electron chi connectivity index (χ3n) is 2.68. The van der Waals surface area contributed by atoms with Gasteiger partial charge in [0, 0.05) is 7.05 Å². The van der Waals surface area contributed by atoms with Gasteiger partial charge in [-0.1, -0.05) is 0 Å². The normalized spacial score (nSPS) is 40.4. The van der Waals surface area contributed by atoms with E-state index < -0.39 is 0 Å². The molecular formula is C8H15N3O. The maximum atomic E-state index is 5.66. The molecule has 0 aromatic rings. The molecule has 12 heavy (non-hydrogen) atoms. The van der Waals surface area contributed by atoms with Crippen LogP contribution in [0.25, 0.3) is 0 Å². The van der Waals surface area contributed by atoms with Gasteiger partial charge in [-0.25, -0.2) is 0 Å². The van der Waals surface area contributed by atoms with Crippen LogP contribution < -0.4 is 11.1 Å². The van der Waals surface area contributed by atoms with Gasteiger partial charge in [0.2, 0.25) is 0 Å². The molecule has 0 spiro atoms. The Morgan fingerprint density at radius 3 is 2.92 bits per heavy atom. The summed E-state index contributed by atoms with van der Waals surface area (Å²) in [7, 11) is 1.69. The topological polar surface area (TPSA) is 59.6 Å². The predicted molar refractivity (Wildman–Crippen MR) is 47.0 cm³/mol. The lowest BCUT2D eigenvalue weighted by Gasteiger charge is -2.20. The molecule has 0 aromatic heterocycles. The van der Waals surface area contributed by atoms with Crippen molar-refractivity contribution in [3.8, 4) is 0 Å². The molecule has 2 bridgehead atoms. The first-order valence-electron chi connectivity index (χ1n) is 4.44. The molecule has 2 aliphatic heterocycles. The van der Waals surface area contributed by atoms with Crippen molar-refractivity contribution in [1.82, 2.24) is 5.32 Å². The zero-order valence-corrected chi connectivity index (χ0v) is 7.29. The van der Waals surface area contributed by atoms with Crippen molar-refractivity contribution in [2.75, 3.05) is 7.05 Å². The van der Waals surface area contributed by atoms with Gasteiger partial charge in [-0.15, -0.1) is 0 Å². The molecule has 4 heteroatoms. The summed E-state index contributed by atoms with van der Waals surface area (Å²) < 4.78 is 5.66. The Balaban J connectivity index is 1.91. The van der Waals surface area contributed by atoms with Crippen molar-refractivity contribution in [3.05, 3.63) is 0 Å². The lowest BCUT2D eigenvalue weighted by Crippen LogP contribution is -2.44. The second-order valence-electron chi connectivity index (χ2n) is 3.47. The van der Waals surface area contributed by atoms with Gasteiger partial charge in [-0.3, -0.25) is 4.99 Å². The van der Waals surface area contributed by atoms with Crippen molar-refractivity contribution >= 4 is 5.96 Å². The summed E-state index contributed by atoms with van der Waals surface area (Å²) in [4.78, 5) is 3.86. The van der Waals surface area contributed by atoms with E-state index in [1.54, 1.807) is 7.05 Å². The highest BCUT2D eigenvalue weighted by atomic mass is 16.5. The van der Waals surface area contributed by atoms with E-state index in [9.17, 15) is 0 Å². The quantitative estimate of drug-likeness (QED) is 0.423. The number of rotatable bonds is 1. The zero-order chi connectivity index (χ0) is 8.55. The van der Waals surface area contributed by atoms with Crippen LogP contribution in [0, 0.1) is 0 Å². The van der Waals surface area contributed by atoms with Gasteiger partial charge < -0.3 is 15.8 Å². The fourth-order valence-corrected chi connectivity index (χ4v) is 2.04. The van der Waals surface area contributed by atoms with E-state index in [2.05, 4.69) is 10.3 Å². The van der Waals surface area contributed by atoms with Crippen molar-refractivity contribution in [2.45, 2.75) is 37.5 Å². The molecule has 3 atom stereocenters. The third kappa shape index (κ3) is 1.27. The average molecular weight is 169 g/mol. The van der Waals surface area contributed by atoms with Crippen LogP contribution in [0.5, 0.6) is 0 Å². The number of nitrogens with zero attached hydrogens (tertiary/aromatic N) is 1. The van der Waals surface area contributed by atoms with E-state index in [-0.39, 0.29) is 0 Å². The highest BCUT2D eigenvalue weighted by Crippen LogP contribution is 2.34. The molecule has 3 unspecified atom stereocenters. The maximum Gasteiger partial charge on any atom is 0.188 e. The molecule has 2 aliphatic rings. The molecule has 0 aliphatic carbocycles. The Labute approximate surface area is 72.2 Å². The van der Waals surface area contributed by atoms with Crippen LogP contribution in [0.4, 0.5) is 0 Å². The standard InChI is InChI=1S/C8H15N3O/c1-10-8(9)11-6-4-5-2-3-7(6)12-5/h5-7H,2-4H2,1H3,(H3,9,10,11). The van der Waals surface area contributed by atoms with Gasteiger partial charge in [-0.05, 0) is 19.3 Å². The Hall–Kier alpha value is -0.770. The van der Waals surface area contributed by atoms with Crippen molar-refractivity contribution in [1.29, 1.82) is 0 Å². The molecule has 2 fully saturated rings. The van der Waals surface area contributed by atoms with Gasteiger partial charge in [0.05, 0.1) is 18.2 Å². The molecule has 3 N–H and O–H groups in total. The van der Waals surface area contributed by atoms with Gasteiger partial charge in [0.1, 0.15) is 0 Å². The Morgan fingerprint density at radius 1 is 1.58 bits per heavy atom. The van der Waals surface area contributed by atoms with E-state index >= 15 is 0 Å². The molecule has 0 saturated carbocycles. The van der Waals surface area contributed by atoms with E-state index in [1.165, 1.54) is 12.8 Å². The van der Waals surface area contributed by atoms with Crippen LogP contribution in [-0.4, -0.2) is 31.3 Å². The monoisotopic (exact) mass is 169 g/mol. The minimum absolute atomic E-state index is 0.371. The first-order valence-corrected chi connectivity index (χ1v) is 4.44. The maximum absolute atomic E-state index is 5.66. The van der Waals surface area contributed by atoms with Crippen molar-refractivity contribution in [2.24, 2.45) is 10.7 Å². The smallest absolute Gasteiger partial charge is 0.188 e. The summed E-state index contributed by atoms with van der Waals surface area (Å²) in [5.74, 6) is 0.524. The van der Waals surface area contributed by atoms with Gasteiger partial charge in [-0.2, -0.15) is 0 Å². The second kappa shape index (κ2) is 2.94. The van der Waals surface area contributed by atoms with Crippen LogP contribution >= 0.6 is 0 Å². The highest BCUT2D eigenvalue weighted by molar-refractivity contribution is 5.78. The summed E-state index contributed by atoms with van der Waals surface area (Å²) in [5, 5.41) is 3.16. The first kappa shape index (κ1) is 7.86. The van der Waals surface area contributed by atoms with Crippen LogP contribution in [0.2, 0.25) is 0 Å². The summed E-state index contributed by atoms with van der Waals surface area (Å²) in [6.07, 6.45) is 4.30. The fourth-order valence-electron chi connectivity index (χ4n) is 2.04. The van der Waals surface area contributed by atoms with Gasteiger partial charge >= 0.3 is 0 Å². The molecule has 2 heterocycles. The minimum atomic E-state index is 0.371. The summed E-state index contributed by atoms with van der Waals surface area (Å²) in [6, 6.07) is 0.396. The van der Waals surface area contributed by atoms with Gasteiger partial charge in [0.15, 0.2) is 5.96 Å². The average Bonchev–Trinajstić information content (AvgIpc) is 2.64. The number of fused-ring (bicyclic) bond motifs is 2. The van der Waals surface area contributed by atoms with E-state index in [0.29, 0.717) is 24.2 Å². The summed E-state index contributed by atoms with van der Waals surface area (Å²) >= 11 is 0. The minimum Gasteiger partial charge on any atom is -0.373 e. The number of hydrogen-bond donors (Lipinski definition) is 2. The molecule has 4 nitrogen and oxygen atoms in total. The molecule has 68 valence electrons. The lowest BCUT2D eigenvalue weighted by atomic mass is 9.96. The van der Waals surface area contributed by atoms with Crippen LogP contribution in [0.3, 0.4) is 0 Å². The largest absolute Gasteiger partial charge is 0.373 e. The molecule has 0 radical (unpaired) electrons. The number of hydrogen-bond acceptors (Lipinski definition) is 2. The van der Waals surface area contributed by atoms with E-state index in [0.717, 1.165) is 6.42 Å². The van der Waals surface area contributed by atoms with Crippen molar-refractivity contribution in [3.63, 3.8) is 0 Å². The van der Waals surface area contributed by atoms with Crippen molar-refractivity contribution < 1.29 is 4.74 Å². The predicted octanol–water partition coefficient (Wildman–Crippen LogP) is -0.160. The number of guanidine groups is 1. The fraction of sp³-hybridized carbons (Fsp3) is 0.875. The number of nitrogens with two attached hydrogens (primary N) is 1. The van der Waals surface area contributed by atoms with E-state index in [1.807, 2.05) is 0 Å².